The number of rotatable bonds is 5. The largest absolute Gasteiger partial charge is 0.390 e. The van der Waals surface area contributed by atoms with Crippen molar-refractivity contribution in [2.75, 3.05) is 0 Å². The molecule has 1 aromatic heterocycles. The van der Waals surface area contributed by atoms with E-state index in [1.165, 1.54) is 29.9 Å². The third-order valence-corrected chi connectivity index (χ3v) is 2.90. The summed E-state index contributed by atoms with van der Waals surface area (Å²) in [6, 6.07) is 5.24. The molecule has 1 atom stereocenters. The quantitative estimate of drug-likeness (QED) is 0.857. The second-order valence-electron chi connectivity index (χ2n) is 4.87. The highest BCUT2D eigenvalue weighted by Crippen LogP contribution is 2.21. The molecule has 0 fully saturated rings. The van der Waals surface area contributed by atoms with Gasteiger partial charge in [-0.1, -0.05) is 6.07 Å². The van der Waals surface area contributed by atoms with Crippen LogP contribution in [-0.4, -0.2) is 22.0 Å². The molecule has 0 saturated heterocycles. The molecular weight excluding hydrogens is 286 g/mol. The molecule has 114 valence electrons. The highest BCUT2D eigenvalue weighted by molar-refractivity contribution is 5.31. The van der Waals surface area contributed by atoms with Crippen LogP contribution in [0.3, 0.4) is 0 Å². The average Bonchev–Trinajstić information content (AvgIpc) is 2.83. The molecule has 1 N–H and O–H groups in total. The van der Waals surface area contributed by atoms with E-state index in [0.717, 1.165) is 5.56 Å². The summed E-state index contributed by atoms with van der Waals surface area (Å²) in [7, 11) is 0. The van der Waals surface area contributed by atoms with E-state index in [1.54, 1.807) is 18.3 Å². The zero-order valence-corrected chi connectivity index (χ0v) is 11.4. The summed E-state index contributed by atoms with van der Waals surface area (Å²) in [6.07, 6.45) is -1.87. The van der Waals surface area contributed by atoms with E-state index >= 15 is 0 Å². The number of nitrogens with one attached hydrogen (secondary N) is 1. The number of benzene rings is 1. The molecule has 0 aliphatic carbocycles. The van der Waals surface area contributed by atoms with Crippen molar-refractivity contribution >= 4 is 0 Å². The molecule has 0 aliphatic heterocycles. The van der Waals surface area contributed by atoms with Gasteiger partial charge < -0.3 is 5.32 Å². The van der Waals surface area contributed by atoms with E-state index < -0.39 is 18.6 Å². The second kappa shape index (κ2) is 6.26. The minimum Gasteiger partial charge on any atom is -0.310 e. The summed E-state index contributed by atoms with van der Waals surface area (Å²) >= 11 is 0. The first-order valence-electron chi connectivity index (χ1n) is 6.43. The van der Waals surface area contributed by atoms with Crippen molar-refractivity contribution in [3.63, 3.8) is 0 Å². The van der Waals surface area contributed by atoms with Gasteiger partial charge in [-0.05, 0) is 25.1 Å². The normalized spacial score (nSPS) is 13.4. The van der Waals surface area contributed by atoms with Gasteiger partial charge in [-0.15, -0.1) is 0 Å². The van der Waals surface area contributed by atoms with Gasteiger partial charge in [0.1, 0.15) is 5.82 Å². The Morgan fingerprint density at radius 1 is 1.33 bits per heavy atom. The number of nitrogens with zero attached hydrogens (tertiary/aromatic N) is 2. The van der Waals surface area contributed by atoms with Gasteiger partial charge >= 0.3 is 6.18 Å². The molecule has 0 bridgehead atoms. The molecule has 2 aromatic rings. The summed E-state index contributed by atoms with van der Waals surface area (Å²) in [4.78, 5) is 0. The Balaban J connectivity index is 1.95. The Bertz CT molecular complexity index is 592. The number of halogens is 4. The van der Waals surface area contributed by atoms with Gasteiger partial charge in [-0.25, -0.2) is 9.07 Å². The molecular formula is C14H15F4N3. The number of hydrogen-bond acceptors (Lipinski definition) is 2. The molecule has 0 radical (unpaired) electrons. The van der Waals surface area contributed by atoms with Crippen LogP contribution >= 0.6 is 0 Å². The lowest BCUT2D eigenvalue weighted by molar-refractivity contribution is -0.139. The van der Waals surface area contributed by atoms with Crippen LogP contribution in [0.25, 0.3) is 5.69 Å². The number of hydrogen-bond donors (Lipinski definition) is 1. The standard InChI is InChI=1S/C14H15F4N3/c1-10(6-14(16,17)18)19-7-11-8-20-21(9-11)13-4-2-3-12(15)5-13/h2-5,8-10,19H,6-7H2,1H3. The van der Waals surface area contributed by atoms with Crippen LogP contribution in [0.4, 0.5) is 17.6 Å². The summed E-state index contributed by atoms with van der Waals surface area (Å²) in [5, 5.41) is 6.85. The van der Waals surface area contributed by atoms with Gasteiger partial charge in [0.05, 0.1) is 18.3 Å². The van der Waals surface area contributed by atoms with Crippen molar-refractivity contribution in [1.82, 2.24) is 15.1 Å². The van der Waals surface area contributed by atoms with Crippen LogP contribution in [0.15, 0.2) is 36.7 Å². The van der Waals surface area contributed by atoms with Gasteiger partial charge in [-0.3, -0.25) is 0 Å². The van der Waals surface area contributed by atoms with E-state index in [0.29, 0.717) is 5.69 Å². The fourth-order valence-electron chi connectivity index (χ4n) is 1.92. The van der Waals surface area contributed by atoms with Gasteiger partial charge in [0.25, 0.3) is 0 Å². The van der Waals surface area contributed by atoms with Gasteiger partial charge in [-0.2, -0.15) is 18.3 Å². The SMILES string of the molecule is CC(CC(F)(F)F)NCc1cnn(-c2cccc(F)c2)c1. The van der Waals surface area contributed by atoms with Crippen LogP contribution in [0, 0.1) is 5.82 Å². The Morgan fingerprint density at radius 2 is 2.10 bits per heavy atom. The molecule has 3 nitrogen and oxygen atoms in total. The maximum atomic E-state index is 13.1. The molecule has 2 rings (SSSR count). The van der Waals surface area contributed by atoms with E-state index in [-0.39, 0.29) is 12.4 Å². The van der Waals surface area contributed by atoms with Crippen LogP contribution < -0.4 is 5.32 Å². The van der Waals surface area contributed by atoms with Crippen molar-refractivity contribution in [3.05, 3.63) is 48.0 Å². The van der Waals surface area contributed by atoms with Crippen molar-refractivity contribution in [2.45, 2.75) is 32.1 Å². The molecule has 0 amide bonds. The molecule has 1 unspecified atom stereocenters. The molecule has 1 aromatic carbocycles. The van der Waals surface area contributed by atoms with Crippen molar-refractivity contribution in [1.29, 1.82) is 0 Å². The minimum absolute atomic E-state index is 0.270. The lowest BCUT2D eigenvalue weighted by atomic mass is 10.2. The minimum atomic E-state index is -4.18. The lowest BCUT2D eigenvalue weighted by Gasteiger charge is -2.14. The lowest BCUT2D eigenvalue weighted by Crippen LogP contribution is -2.30. The number of aromatic nitrogens is 2. The van der Waals surface area contributed by atoms with E-state index in [4.69, 9.17) is 0 Å². The highest BCUT2D eigenvalue weighted by atomic mass is 19.4. The van der Waals surface area contributed by atoms with E-state index in [9.17, 15) is 17.6 Å². The van der Waals surface area contributed by atoms with E-state index in [1.807, 2.05) is 0 Å². The second-order valence-corrected chi connectivity index (χ2v) is 4.87. The maximum absolute atomic E-state index is 13.1. The maximum Gasteiger partial charge on any atom is 0.390 e. The van der Waals surface area contributed by atoms with Crippen molar-refractivity contribution < 1.29 is 17.6 Å². The van der Waals surface area contributed by atoms with Crippen LogP contribution in [-0.2, 0) is 6.54 Å². The Kier molecular flexibility index (Phi) is 4.62. The summed E-state index contributed by atoms with van der Waals surface area (Å²) in [5.74, 6) is -0.374. The zero-order chi connectivity index (χ0) is 15.5. The molecule has 7 heteroatoms. The third kappa shape index (κ3) is 4.86. The monoisotopic (exact) mass is 301 g/mol. The highest BCUT2D eigenvalue weighted by Gasteiger charge is 2.29. The topological polar surface area (TPSA) is 29.9 Å². The first-order chi connectivity index (χ1) is 9.83. The number of alkyl halides is 3. The predicted octanol–water partition coefficient (Wildman–Crippen LogP) is 3.44. The summed E-state index contributed by atoms with van der Waals surface area (Å²) in [5.41, 5.74) is 1.29. The fourth-order valence-corrected chi connectivity index (χ4v) is 1.92. The average molecular weight is 301 g/mol. The van der Waals surface area contributed by atoms with Crippen LogP contribution in [0.1, 0.15) is 18.9 Å². The Morgan fingerprint density at radius 3 is 2.76 bits per heavy atom. The predicted molar refractivity (Wildman–Crippen MR) is 70.5 cm³/mol. The summed E-state index contributed by atoms with van der Waals surface area (Å²) in [6.45, 7) is 1.75. The smallest absolute Gasteiger partial charge is 0.310 e. The molecule has 1 heterocycles. The Hall–Kier alpha value is -1.89. The van der Waals surface area contributed by atoms with Crippen LogP contribution in [0.2, 0.25) is 0 Å². The van der Waals surface area contributed by atoms with Gasteiger partial charge in [0, 0.05) is 24.3 Å². The van der Waals surface area contributed by atoms with Crippen LogP contribution in [0.5, 0.6) is 0 Å². The van der Waals surface area contributed by atoms with Gasteiger partial charge in [0.15, 0.2) is 0 Å². The molecule has 0 aliphatic rings. The zero-order valence-electron chi connectivity index (χ0n) is 11.4. The summed E-state index contributed by atoms with van der Waals surface area (Å²) < 4.78 is 51.2. The fraction of sp³-hybridized carbons (Fsp3) is 0.357. The Labute approximate surface area is 119 Å². The molecule has 0 saturated carbocycles. The first-order valence-corrected chi connectivity index (χ1v) is 6.43. The van der Waals surface area contributed by atoms with E-state index in [2.05, 4.69) is 10.4 Å². The van der Waals surface area contributed by atoms with Crippen molar-refractivity contribution in [2.24, 2.45) is 0 Å². The first kappa shape index (κ1) is 15.5. The molecule has 21 heavy (non-hydrogen) atoms. The van der Waals surface area contributed by atoms with Gasteiger partial charge in [0.2, 0.25) is 0 Å². The van der Waals surface area contributed by atoms with Crippen molar-refractivity contribution in [3.8, 4) is 5.69 Å². The molecule has 0 spiro atoms. The third-order valence-electron chi connectivity index (χ3n) is 2.90.